The normalized spacial score (nSPS) is 27.2. The van der Waals surface area contributed by atoms with Gasteiger partial charge in [0.25, 0.3) is 5.91 Å². The monoisotopic (exact) mass is 559 g/mol. The zero-order chi connectivity index (χ0) is 28.2. The summed E-state index contributed by atoms with van der Waals surface area (Å²) in [6, 6.07) is 1.49. The highest BCUT2D eigenvalue weighted by Crippen LogP contribution is 2.53. The number of halogens is 1. The number of nitrogens with zero attached hydrogens (tertiary/aromatic N) is 2. The Bertz CT molecular complexity index is 1320. The third kappa shape index (κ3) is 4.43. The molecule has 1 heterocycles. The molecular formula is C28H34ClN3O7. The SMILES string of the molecule is CCN(CCN1CCCC1)Cc1cc(O)c2c(c1Cl)CC1C[C@H]3CC(=O)C(C(N)=O)=C(O)[C@@]3(O)C(=O)C1=C2O. The number of ketones is 2. The summed E-state index contributed by atoms with van der Waals surface area (Å²) < 4.78 is 0. The van der Waals surface area contributed by atoms with Crippen molar-refractivity contribution >= 4 is 34.8 Å². The molecule has 39 heavy (non-hydrogen) atoms. The number of aliphatic hydroxyl groups is 3. The molecule has 2 fully saturated rings. The number of likely N-dealkylation sites (N-methyl/N-ethyl adjacent to an activating group) is 1. The number of hydrogen-bond acceptors (Lipinski definition) is 9. The number of likely N-dealkylation sites (tertiary alicyclic amines) is 1. The molecular weight excluding hydrogens is 526 g/mol. The molecule has 11 heteroatoms. The standard InChI is InChI=1S/C28H34ClN3O7/c1-2-31(7-8-32-5-3-4-6-32)13-15-11-18(33)21-17(23(15)29)10-14-9-16-12-19(34)22(27(30)38)26(37)28(16,39)25(36)20(14)24(21)35/h11,14,16,33,35,37,39H,2-10,12-13H2,1H3,(H2,30,38)/t14?,16-,28-/m0/s1. The van der Waals surface area contributed by atoms with Crippen molar-refractivity contribution in [3.05, 3.63) is 44.7 Å². The number of phenols is 1. The molecule has 0 radical (unpaired) electrons. The summed E-state index contributed by atoms with van der Waals surface area (Å²) in [5.41, 5.74) is 2.87. The van der Waals surface area contributed by atoms with Gasteiger partial charge in [-0.1, -0.05) is 18.5 Å². The van der Waals surface area contributed by atoms with E-state index in [9.17, 15) is 34.8 Å². The first-order valence-corrected chi connectivity index (χ1v) is 13.8. The molecule has 0 aromatic heterocycles. The van der Waals surface area contributed by atoms with Crippen LogP contribution in [0.15, 0.2) is 23.0 Å². The number of carbonyl (C=O) groups excluding carboxylic acids is 3. The zero-order valence-corrected chi connectivity index (χ0v) is 22.6. The highest BCUT2D eigenvalue weighted by atomic mass is 35.5. The van der Waals surface area contributed by atoms with Crippen molar-refractivity contribution in [2.75, 3.05) is 32.7 Å². The molecule has 1 unspecified atom stereocenters. The highest BCUT2D eigenvalue weighted by molar-refractivity contribution is 6.32. The average molecular weight is 560 g/mol. The Morgan fingerprint density at radius 3 is 2.54 bits per heavy atom. The molecule has 1 amide bonds. The lowest BCUT2D eigenvalue weighted by Gasteiger charge is -2.46. The molecule has 0 spiro atoms. The number of Topliss-reactive ketones (excluding diaryl/α,β-unsaturated/α-hetero) is 2. The van der Waals surface area contributed by atoms with Crippen LogP contribution in [0.25, 0.3) is 5.76 Å². The van der Waals surface area contributed by atoms with E-state index in [1.54, 1.807) is 0 Å². The fourth-order valence-electron chi connectivity index (χ4n) is 6.72. The maximum atomic E-state index is 13.6. The third-order valence-corrected chi connectivity index (χ3v) is 9.32. The number of hydrogen-bond donors (Lipinski definition) is 5. The Morgan fingerprint density at radius 1 is 1.21 bits per heavy atom. The van der Waals surface area contributed by atoms with Crippen LogP contribution in [-0.2, 0) is 27.3 Å². The van der Waals surface area contributed by atoms with Gasteiger partial charge in [-0.15, -0.1) is 0 Å². The summed E-state index contributed by atoms with van der Waals surface area (Å²) in [5.74, 6) is -6.51. The molecule has 210 valence electrons. The number of fused-ring (bicyclic) bond motifs is 3. The molecule has 3 aliphatic carbocycles. The number of phenolic OH excluding ortho intramolecular Hbond substituents is 1. The van der Waals surface area contributed by atoms with Crippen molar-refractivity contribution in [2.24, 2.45) is 17.6 Å². The van der Waals surface area contributed by atoms with Crippen LogP contribution in [0.5, 0.6) is 5.75 Å². The topological polar surface area (TPSA) is 165 Å². The van der Waals surface area contributed by atoms with Gasteiger partial charge in [-0.05, 0) is 68.4 Å². The van der Waals surface area contributed by atoms with Crippen molar-refractivity contribution in [1.29, 1.82) is 0 Å². The van der Waals surface area contributed by atoms with Crippen molar-refractivity contribution in [3.63, 3.8) is 0 Å². The van der Waals surface area contributed by atoms with E-state index in [2.05, 4.69) is 16.7 Å². The van der Waals surface area contributed by atoms with Gasteiger partial charge < -0.3 is 31.1 Å². The molecule has 1 saturated heterocycles. The number of rotatable bonds is 7. The molecule has 6 N–H and O–H groups in total. The Labute approximate surface area is 231 Å². The number of benzene rings is 1. The first-order chi connectivity index (χ1) is 18.5. The van der Waals surface area contributed by atoms with E-state index in [1.807, 2.05) is 0 Å². The number of aromatic hydroxyl groups is 1. The molecule has 1 aliphatic heterocycles. The summed E-state index contributed by atoms with van der Waals surface area (Å²) in [6.07, 6.45) is 2.33. The van der Waals surface area contributed by atoms with Crippen LogP contribution < -0.4 is 5.73 Å². The molecule has 1 aromatic carbocycles. The number of carbonyl (C=O) groups is 3. The summed E-state index contributed by atoms with van der Waals surface area (Å²) >= 11 is 6.86. The maximum Gasteiger partial charge on any atom is 0.255 e. The van der Waals surface area contributed by atoms with Gasteiger partial charge in [0, 0.05) is 42.6 Å². The Hall–Kier alpha value is -2.92. The minimum absolute atomic E-state index is 0.0102. The van der Waals surface area contributed by atoms with Crippen LogP contribution in [0, 0.1) is 11.8 Å². The second-order valence-corrected chi connectivity index (χ2v) is 11.4. The minimum atomic E-state index is -2.58. The van der Waals surface area contributed by atoms with Crippen molar-refractivity contribution in [2.45, 2.75) is 51.2 Å². The predicted octanol–water partition coefficient (Wildman–Crippen LogP) is 1.99. The number of nitrogens with two attached hydrogens (primary N) is 1. The zero-order valence-electron chi connectivity index (χ0n) is 21.9. The van der Waals surface area contributed by atoms with Gasteiger partial charge in [0.2, 0.25) is 5.78 Å². The highest BCUT2D eigenvalue weighted by Gasteiger charge is 2.60. The van der Waals surface area contributed by atoms with E-state index < -0.39 is 52.0 Å². The van der Waals surface area contributed by atoms with Gasteiger partial charge >= 0.3 is 0 Å². The lowest BCUT2D eigenvalue weighted by molar-refractivity contribution is -0.147. The van der Waals surface area contributed by atoms with Crippen LogP contribution in [0.1, 0.15) is 49.3 Å². The van der Waals surface area contributed by atoms with E-state index >= 15 is 0 Å². The molecule has 1 saturated carbocycles. The largest absolute Gasteiger partial charge is 0.508 e. The molecule has 1 aromatic rings. The van der Waals surface area contributed by atoms with Crippen LogP contribution in [0.2, 0.25) is 5.02 Å². The van der Waals surface area contributed by atoms with E-state index in [-0.39, 0.29) is 36.1 Å². The number of primary amides is 1. The third-order valence-electron chi connectivity index (χ3n) is 8.84. The van der Waals surface area contributed by atoms with Crippen molar-refractivity contribution in [3.8, 4) is 5.75 Å². The van der Waals surface area contributed by atoms with Gasteiger partial charge in [0.05, 0.1) is 5.56 Å². The van der Waals surface area contributed by atoms with Gasteiger partial charge in [-0.3, -0.25) is 19.3 Å². The smallest absolute Gasteiger partial charge is 0.255 e. The van der Waals surface area contributed by atoms with E-state index in [0.29, 0.717) is 22.7 Å². The maximum absolute atomic E-state index is 13.6. The Morgan fingerprint density at radius 2 is 1.90 bits per heavy atom. The second-order valence-electron chi connectivity index (χ2n) is 11.0. The summed E-state index contributed by atoms with van der Waals surface area (Å²) in [5, 5.41) is 44.6. The molecule has 5 rings (SSSR count). The first-order valence-electron chi connectivity index (χ1n) is 13.4. The van der Waals surface area contributed by atoms with Crippen LogP contribution >= 0.6 is 11.6 Å². The van der Waals surface area contributed by atoms with Crippen molar-refractivity contribution in [1.82, 2.24) is 9.80 Å². The molecule has 10 nitrogen and oxygen atoms in total. The summed E-state index contributed by atoms with van der Waals surface area (Å²) in [6.45, 7) is 7.33. The Balaban J connectivity index is 1.49. The molecule has 3 atom stereocenters. The number of aliphatic hydroxyl groups excluding tert-OH is 2. The quantitative estimate of drug-likeness (QED) is 0.314. The van der Waals surface area contributed by atoms with Gasteiger partial charge in [0.15, 0.2) is 11.4 Å². The fourth-order valence-corrected chi connectivity index (χ4v) is 7.00. The lowest BCUT2D eigenvalue weighted by atomic mass is 9.59. The van der Waals surface area contributed by atoms with Gasteiger partial charge in [-0.2, -0.15) is 0 Å². The van der Waals surface area contributed by atoms with Crippen LogP contribution in [0.3, 0.4) is 0 Å². The summed E-state index contributed by atoms with van der Waals surface area (Å²) in [7, 11) is 0. The minimum Gasteiger partial charge on any atom is -0.508 e. The van der Waals surface area contributed by atoms with Crippen LogP contribution in [0.4, 0.5) is 0 Å². The van der Waals surface area contributed by atoms with Crippen LogP contribution in [-0.4, -0.2) is 86.0 Å². The van der Waals surface area contributed by atoms with Gasteiger partial charge in [0.1, 0.15) is 22.8 Å². The van der Waals surface area contributed by atoms with Crippen molar-refractivity contribution < 1.29 is 34.8 Å². The van der Waals surface area contributed by atoms with E-state index in [0.717, 1.165) is 32.7 Å². The van der Waals surface area contributed by atoms with E-state index in [1.165, 1.54) is 18.9 Å². The first kappa shape index (κ1) is 27.6. The molecule has 4 aliphatic rings. The lowest BCUT2D eigenvalue weighted by Crippen LogP contribution is -2.58. The predicted molar refractivity (Wildman–Crippen MR) is 143 cm³/mol. The second kappa shape index (κ2) is 10.2. The number of amides is 1. The average Bonchev–Trinajstić information content (AvgIpc) is 3.40. The van der Waals surface area contributed by atoms with E-state index in [4.69, 9.17) is 17.3 Å². The van der Waals surface area contributed by atoms with Gasteiger partial charge in [-0.25, -0.2) is 0 Å². The Kier molecular flexibility index (Phi) is 7.26. The summed E-state index contributed by atoms with van der Waals surface area (Å²) in [4.78, 5) is 42.6. The fraction of sp³-hybridized carbons (Fsp3) is 0.536. The molecule has 0 bridgehead atoms.